The van der Waals surface area contributed by atoms with Crippen molar-refractivity contribution >= 4 is 7.49 Å². The second-order valence-electron chi connectivity index (χ2n) is 6.09. The highest BCUT2D eigenvalue weighted by molar-refractivity contribution is 7.70. The molecule has 2 saturated carbocycles. The third kappa shape index (κ3) is 3.44. The zero-order valence-corrected chi connectivity index (χ0v) is 12.0. The van der Waals surface area contributed by atoms with E-state index in [0.717, 1.165) is 5.66 Å². The van der Waals surface area contributed by atoms with Gasteiger partial charge in [-0.3, -0.25) is 0 Å². The fourth-order valence-corrected chi connectivity index (χ4v) is 6.10. The molecule has 0 N–H and O–H groups in total. The third-order valence-electron chi connectivity index (χ3n) is 4.43. The molecule has 2 aliphatic carbocycles. The van der Waals surface area contributed by atoms with Crippen molar-refractivity contribution in [3.8, 4) is 0 Å². The van der Waals surface area contributed by atoms with Crippen LogP contribution in [0.3, 0.4) is 0 Å². The molecule has 16 heavy (non-hydrogen) atoms. The van der Waals surface area contributed by atoms with E-state index in [1.54, 1.807) is 0 Å². The van der Waals surface area contributed by atoms with Gasteiger partial charge in [-0.2, -0.15) is 0 Å². The van der Waals surface area contributed by atoms with Crippen LogP contribution in [0.5, 0.6) is 0 Å². The quantitative estimate of drug-likeness (QED) is 0.643. The summed E-state index contributed by atoms with van der Waals surface area (Å²) in [7, 11) is -1.09. The minimum Gasteiger partial charge on any atom is -0.235 e. The Morgan fingerprint density at radius 2 is 1.25 bits per heavy atom. The molecule has 0 aromatic heterocycles. The summed E-state index contributed by atoms with van der Waals surface area (Å²) >= 11 is 0. The lowest BCUT2D eigenvalue weighted by atomic mass is 9.98. The van der Waals surface area contributed by atoms with Gasteiger partial charge in [-0.1, -0.05) is 25.7 Å². The van der Waals surface area contributed by atoms with Crippen molar-refractivity contribution in [2.24, 2.45) is 0 Å². The van der Waals surface area contributed by atoms with Crippen LogP contribution >= 0.6 is 7.49 Å². The second kappa shape index (κ2) is 5.83. The van der Waals surface area contributed by atoms with E-state index in [-0.39, 0.29) is 0 Å². The Labute approximate surface area is 102 Å². The lowest BCUT2D eigenvalue weighted by molar-refractivity contribution is 0.164. The number of rotatable bonds is 3. The van der Waals surface area contributed by atoms with E-state index in [0.29, 0.717) is 6.10 Å². The molecule has 0 radical (unpaired) electrons. The Morgan fingerprint density at radius 1 is 0.750 bits per heavy atom. The van der Waals surface area contributed by atoms with Gasteiger partial charge in [0.05, 0.1) is 19.0 Å². The molecule has 0 aliphatic heterocycles. The van der Waals surface area contributed by atoms with Crippen LogP contribution in [0.15, 0.2) is 0 Å². The van der Waals surface area contributed by atoms with Crippen molar-refractivity contribution in [2.45, 2.75) is 76.0 Å². The minimum atomic E-state index is -1.09. The van der Waals surface area contributed by atoms with Crippen molar-refractivity contribution in [1.29, 1.82) is 0 Å². The van der Waals surface area contributed by atoms with Crippen LogP contribution in [0, 0.1) is 0 Å². The lowest BCUT2D eigenvalue weighted by Crippen LogP contribution is -2.24. The van der Waals surface area contributed by atoms with Crippen LogP contribution in [0.1, 0.15) is 64.2 Å². The van der Waals surface area contributed by atoms with Gasteiger partial charge in [-0.15, -0.1) is 0 Å². The molecule has 0 unspecified atom stereocenters. The lowest BCUT2D eigenvalue weighted by Gasteiger charge is -2.33. The van der Waals surface area contributed by atoms with Gasteiger partial charge in [-0.25, -0.2) is 4.52 Å². The highest BCUT2D eigenvalue weighted by Gasteiger charge is 2.41. The first-order chi connectivity index (χ1) is 7.68. The van der Waals surface area contributed by atoms with Crippen LogP contribution in [0.4, 0.5) is 0 Å². The topological polar surface area (TPSA) is 9.23 Å². The maximum Gasteiger partial charge on any atom is 0.143 e. The van der Waals surface area contributed by atoms with E-state index in [2.05, 4.69) is 13.3 Å². The smallest absolute Gasteiger partial charge is 0.143 e. The molecule has 1 nitrogen and oxygen atoms in total. The Bertz CT molecular complexity index is 203. The van der Waals surface area contributed by atoms with E-state index < -0.39 is 7.49 Å². The molecule has 94 valence electrons. The highest BCUT2D eigenvalue weighted by atomic mass is 31.2. The fourth-order valence-electron chi connectivity index (χ4n) is 3.34. The van der Waals surface area contributed by atoms with Crippen molar-refractivity contribution in [2.75, 3.05) is 13.3 Å². The van der Waals surface area contributed by atoms with Crippen molar-refractivity contribution in [3.05, 3.63) is 0 Å². The van der Waals surface area contributed by atoms with E-state index in [1.807, 2.05) is 0 Å². The van der Waals surface area contributed by atoms with Gasteiger partial charge in [0.15, 0.2) is 0 Å². The molecule has 2 heteroatoms. The maximum atomic E-state index is 6.53. The number of hydrogen-bond acceptors (Lipinski definition) is 1. The van der Waals surface area contributed by atoms with E-state index in [1.165, 1.54) is 64.2 Å². The summed E-state index contributed by atoms with van der Waals surface area (Å²) in [5.74, 6) is 0. The van der Waals surface area contributed by atoms with Gasteiger partial charge in [-0.05, 0) is 38.5 Å². The summed E-state index contributed by atoms with van der Waals surface area (Å²) in [6, 6.07) is 0. The second-order valence-corrected chi connectivity index (χ2v) is 9.90. The van der Waals surface area contributed by atoms with Gasteiger partial charge < -0.3 is 0 Å². The first-order valence-electron chi connectivity index (χ1n) is 7.20. The Balaban J connectivity index is 1.84. The molecule has 0 atom stereocenters. The third-order valence-corrected chi connectivity index (χ3v) is 7.54. The average molecular weight is 243 g/mol. The molecule has 2 aliphatic rings. The average Bonchev–Trinajstić information content (AvgIpc) is 2.31. The molecule has 0 amide bonds. The highest BCUT2D eigenvalue weighted by Crippen LogP contribution is 2.62. The van der Waals surface area contributed by atoms with Crippen LogP contribution in [-0.2, 0) is 4.52 Å². The minimum absolute atomic E-state index is 0.610. The summed E-state index contributed by atoms with van der Waals surface area (Å²) in [5.41, 5.74) is 0.920. The molecule has 0 saturated heterocycles. The maximum absolute atomic E-state index is 6.53. The zero-order chi connectivity index (χ0) is 11.4. The van der Waals surface area contributed by atoms with Crippen LogP contribution in [-0.4, -0.2) is 25.1 Å². The summed E-state index contributed by atoms with van der Waals surface area (Å²) in [6.45, 7) is 4.88. The van der Waals surface area contributed by atoms with Crippen LogP contribution in [0.2, 0.25) is 0 Å². The molecule has 0 aromatic carbocycles. The van der Waals surface area contributed by atoms with Gasteiger partial charge in [0.25, 0.3) is 0 Å². The predicted molar refractivity (Wildman–Crippen MR) is 73.6 cm³/mol. The van der Waals surface area contributed by atoms with Gasteiger partial charge >= 0.3 is 0 Å². The normalized spacial score (nSPS) is 25.9. The van der Waals surface area contributed by atoms with Gasteiger partial charge in [0, 0.05) is 0 Å². The van der Waals surface area contributed by atoms with Gasteiger partial charge in [0.2, 0.25) is 0 Å². The first kappa shape index (κ1) is 12.8. The molecular formula is C14H28OP+. The van der Waals surface area contributed by atoms with Crippen molar-refractivity contribution in [3.63, 3.8) is 0 Å². The van der Waals surface area contributed by atoms with E-state index in [9.17, 15) is 0 Å². The monoisotopic (exact) mass is 243 g/mol. The van der Waals surface area contributed by atoms with Crippen LogP contribution in [0.25, 0.3) is 0 Å². The van der Waals surface area contributed by atoms with Crippen molar-refractivity contribution < 1.29 is 4.52 Å². The van der Waals surface area contributed by atoms with Gasteiger partial charge in [0.1, 0.15) is 13.6 Å². The molecule has 0 aromatic rings. The fraction of sp³-hybridized carbons (Fsp3) is 1.00. The summed E-state index contributed by atoms with van der Waals surface area (Å²) in [6.07, 6.45) is 14.7. The summed E-state index contributed by atoms with van der Waals surface area (Å²) in [4.78, 5) is 0. The molecule has 2 rings (SSSR count). The Morgan fingerprint density at radius 3 is 1.81 bits per heavy atom. The van der Waals surface area contributed by atoms with E-state index in [4.69, 9.17) is 4.52 Å². The Hall–Kier alpha value is 0.390. The summed E-state index contributed by atoms with van der Waals surface area (Å²) < 4.78 is 6.53. The predicted octanol–water partition coefficient (Wildman–Crippen LogP) is 4.86. The molecular weight excluding hydrogens is 215 g/mol. The first-order valence-corrected chi connectivity index (χ1v) is 9.87. The summed E-state index contributed by atoms with van der Waals surface area (Å²) in [5, 5.41) is 0. The SMILES string of the molecule is C[P+](C)(OC1CCCCC1)C1CCCCC1. The molecule has 0 spiro atoms. The van der Waals surface area contributed by atoms with Crippen molar-refractivity contribution in [1.82, 2.24) is 0 Å². The van der Waals surface area contributed by atoms with Crippen LogP contribution < -0.4 is 0 Å². The standard InChI is InChI=1S/C14H28OP/c1-16(2,14-11-7-4-8-12-14)15-13-9-5-3-6-10-13/h13-14H,3-12H2,1-2H3/q+1. The molecule has 0 heterocycles. The Kier molecular flexibility index (Phi) is 4.67. The zero-order valence-electron chi connectivity index (χ0n) is 11.1. The molecule has 0 bridgehead atoms. The van der Waals surface area contributed by atoms with E-state index >= 15 is 0 Å². The number of hydrogen-bond donors (Lipinski definition) is 0. The largest absolute Gasteiger partial charge is 0.235 e. The molecule has 2 fully saturated rings.